The number of piperidine rings is 1. The average molecular weight is 279 g/mol. The highest BCUT2D eigenvalue weighted by Crippen LogP contribution is 2.39. The number of likely N-dealkylation sites (tertiary alicyclic amines) is 1. The Morgan fingerprint density at radius 3 is 2.45 bits per heavy atom. The van der Waals surface area contributed by atoms with Crippen LogP contribution in [0.25, 0.3) is 0 Å². The smallest absolute Gasteiger partial charge is 0.125 e. The van der Waals surface area contributed by atoms with Gasteiger partial charge in [0.15, 0.2) is 0 Å². The summed E-state index contributed by atoms with van der Waals surface area (Å²) in [5.41, 5.74) is 0.0277. The molecule has 4 nitrogen and oxygen atoms in total. The van der Waals surface area contributed by atoms with Crippen LogP contribution in [0.5, 0.6) is 11.5 Å². The van der Waals surface area contributed by atoms with E-state index >= 15 is 0 Å². The van der Waals surface area contributed by atoms with Crippen molar-refractivity contribution in [2.24, 2.45) is 0 Å². The van der Waals surface area contributed by atoms with Crippen molar-refractivity contribution in [2.45, 2.75) is 31.8 Å². The molecule has 0 aliphatic carbocycles. The van der Waals surface area contributed by atoms with E-state index in [2.05, 4.69) is 11.8 Å². The zero-order valence-electron chi connectivity index (χ0n) is 12.7. The maximum absolute atomic E-state index is 11.0. The van der Waals surface area contributed by atoms with E-state index < -0.39 is 5.60 Å². The van der Waals surface area contributed by atoms with E-state index in [0.29, 0.717) is 0 Å². The van der Waals surface area contributed by atoms with Gasteiger partial charge in [0.05, 0.1) is 19.8 Å². The molecule has 0 atom stereocenters. The van der Waals surface area contributed by atoms with Crippen molar-refractivity contribution in [2.75, 3.05) is 33.9 Å². The van der Waals surface area contributed by atoms with Crippen molar-refractivity contribution in [3.05, 3.63) is 23.8 Å². The molecule has 112 valence electrons. The van der Waals surface area contributed by atoms with E-state index in [1.54, 1.807) is 14.2 Å². The lowest BCUT2D eigenvalue weighted by atomic mass is 9.83. The summed E-state index contributed by atoms with van der Waals surface area (Å²) in [4.78, 5) is 2.40. The van der Waals surface area contributed by atoms with Crippen LogP contribution in [0, 0.1) is 0 Å². The van der Waals surface area contributed by atoms with Crippen LogP contribution in [0.15, 0.2) is 18.2 Å². The molecule has 4 heteroatoms. The summed E-state index contributed by atoms with van der Waals surface area (Å²) in [6.07, 6.45) is 2.62. The van der Waals surface area contributed by atoms with Crippen LogP contribution in [0.1, 0.15) is 31.7 Å². The van der Waals surface area contributed by atoms with Crippen molar-refractivity contribution in [1.82, 2.24) is 4.90 Å². The van der Waals surface area contributed by atoms with E-state index in [9.17, 15) is 5.11 Å². The Kier molecular flexibility index (Phi) is 4.89. The first-order valence-electron chi connectivity index (χ1n) is 7.30. The van der Waals surface area contributed by atoms with Crippen molar-refractivity contribution in [3.63, 3.8) is 0 Å². The van der Waals surface area contributed by atoms with E-state index in [-0.39, 0.29) is 0 Å². The molecule has 0 unspecified atom stereocenters. The van der Waals surface area contributed by atoms with Gasteiger partial charge in [-0.25, -0.2) is 0 Å². The molecule has 20 heavy (non-hydrogen) atoms. The fourth-order valence-corrected chi connectivity index (χ4v) is 2.91. The highest BCUT2D eigenvalue weighted by atomic mass is 16.5. The SMILES string of the molecule is CCCN1CCC(O)(c2cc(OC)ccc2OC)CC1. The van der Waals surface area contributed by atoms with Crippen LogP contribution < -0.4 is 9.47 Å². The number of hydrogen-bond acceptors (Lipinski definition) is 4. The van der Waals surface area contributed by atoms with E-state index in [1.807, 2.05) is 18.2 Å². The first-order valence-corrected chi connectivity index (χ1v) is 7.30. The number of nitrogens with zero attached hydrogens (tertiary/aromatic N) is 1. The third kappa shape index (κ3) is 3.07. The molecule has 2 rings (SSSR count). The molecule has 0 saturated carbocycles. The van der Waals surface area contributed by atoms with Crippen LogP contribution in [-0.2, 0) is 5.60 Å². The summed E-state index contributed by atoms with van der Waals surface area (Å²) in [7, 11) is 3.28. The Morgan fingerprint density at radius 1 is 1.20 bits per heavy atom. The number of hydrogen-bond donors (Lipinski definition) is 1. The van der Waals surface area contributed by atoms with Gasteiger partial charge in [-0.2, -0.15) is 0 Å². The molecular weight excluding hydrogens is 254 g/mol. The van der Waals surface area contributed by atoms with Crippen LogP contribution in [0.2, 0.25) is 0 Å². The number of rotatable bonds is 5. The summed E-state index contributed by atoms with van der Waals surface area (Å²) in [6.45, 7) is 5.13. The Labute approximate surface area is 121 Å². The number of aliphatic hydroxyl groups is 1. The molecule has 0 amide bonds. The first kappa shape index (κ1) is 15.1. The van der Waals surface area contributed by atoms with Gasteiger partial charge in [0.25, 0.3) is 0 Å². The van der Waals surface area contributed by atoms with Gasteiger partial charge >= 0.3 is 0 Å². The lowest BCUT2D eigenvalue weighted by Gasteiger charge is -2.39. The second-order valence-electron chi connectivity index (χ2n) is 5.44. The monoisotopic (exact) mass is 279 g/mol. The molecule has 0 radical (unpaired) electrons. The quantitative estimate of drug-likeness (QED) is 0.898. The van der Waals surface area contributed by atoms with Gasteiger partial charge in [-0.15, -0.1) is 0 Å². The molecule has 0 aromatic heterocycles. The summed E-state index contributed by atoms with van der Waals surface area (Å²) in [5, 5.41) is 11.0. The Hall–Kier alpha value is -1.26. The second-order valence-corrected chi connectivity index (χ2v) is 5.44. The molecule has 1 aromatic carbocycles. The van der Waals surface area contributed by atoms with Gasteiger partial charge in [-0.3, -0.25) is 0 Å². The summed E-state index contributed by atoms with van der Waals surface area (Å²) >= 11 is 0. The average Bonchev–Trinajstić information content (AvgIpc) is 2.49. The minimum absolute atomic E-state index is 0.733. The maximum Gasteiger partial charge on any atom is 0.125 e. The van der Waals surface area contributed by atoms with Crippen LogP contribution in [0.4, 0.5) is 0 Å². The number of ether oxygens (including phenoxy) is 2. The van der Waals surface area contributed by atoms with Crippen molar-refractivity contribution < 1.29 is 14.6 Å². The van der Waals surface area contributed by atoms with Crippen LogP contribution in [0.3, 0.4) is 0 Å². The van der Waals surface area contributed by atoms with Gasteiger partial charge in [-0.05, 0) is 44.0 Å². The third-order valence-electron chi connectivity index (χ3n) is 4.13. The highest BCUT2D eigenvalue weighted by molar-refractivity contribution is 5.44. The zero-order chi connectivity index (χ0) is 14.6. The summed E-state index contributed by atoms with van der Waals surface area (Å²) in [6, 6.07) is 5.62. The number of methoxy groups -OCH3 is 2. The topological polar surface area (TPSA) is 41.9 Å². The Balaban J connectivity index is 2.21. The fraction of sp³-hybridized carbons (Fsp3) is 0.625. The van der Waals surface area contributed by atoms with Gasteiger partial charge < -0.3 is 19.5 Å². The molecule has 1 aliphatic rings. The highest BCUT2D eigenvalue weighted by Gasteiger charge is 2.36. The van der Waals surface area contributed by atoms with Crippen LogP contribution >= 0.6 is 0 Å². The molecule has 0 spiro atoms. The predicted molar refractivity (Wildman–Crippen MR) is 79.4 cm³/mol. The Morgan fingerprint density at radius 2 is 1.90 bits per heavy atom. The molecular formula is C16H25NO3. The van der Waals surface area contributed by atoms with Crippen molar-refractivity contribution >= 4 is 0 Å². The zero-order valence-corrected chi connectivity index (χ0v) is 12.7. The lowest BCUT2D eigenvalue weighted by Crippen LogP contribution is -2.42. The normalized spacial score (nSPS) is 18.8. The van der Waals surface area contributed by atoms with E-state index in [4.69, 9.17) is 9.47 Å². The largest absolute Gasteiger partial charge is 0.497 e. The molecule has 1 heterocycles. The fourth-order valence-electron chi connectivity index (χ4n) is 2.91. The minimum atomic E-state index is -0.815. The van der Waals surface area contributed by atoms with E-state index in [0.717, 1.165) is 56.0 Å². The van der Waals surface area contributed by atoms with Gasteiger partial charge in [-0.1, -0.05) is 6.92 Å². The third-order valence-corrected chi connectivity index (χ3v) is 4.13. The van der Waals surface area contributed by atoms with Crippen molar-refractivity contribution in [3.8, 4) is 11.5 Å². The number of benzene rings is 1. The first-order chi connectivity index (χ1) is 9.62. The van der Waals surface area contributed by atoms with E-state index in [1.165, 1.54) is 0 Å². The summed E-state index contributed by atoms with van der Waals surface area (Å²) < 4.78 is 10.7. The standard InChI is InChI=1S/C16H25NO3/c1-4-9-17-10-7-16(18,8-11-17)14-12-13(19-2)5-6-15(14)20-3/h5-6,12,18H,4,7-11H2,1-3H3. The molecule has 1 aliphatic heterocycles. The Bertz CT molecular complexity index is 439. The van der Waals surface area contributed by atoms with Crippen molar-refractivity contribution in [1.29, 1.82) is 0 Å². The minimum Gasteiger partial charge on any atom is -0.497 e. The summed E-state index contributed by atoms with van der Waals surface area (Å²) in [5.74, 6) is 1.49. The predicted octanol–water partition coefficient (Wildman–Crippen LogP) is 2.40. The second kappa shape index (κ2) is 6.46. The molecule has 1 saturated heterocycles. The maximum atomic E-state index is 11.0. The van der Waals surface area contributed by atoms with Gasteiger partial charge in [0.1, 0.15) is 11.5 Å². The molecule has 1 fully saturated rings. The molecule has 1 aromatic rings. The molecule has 0 bridgehead atoms. The lowest BCUT2D eigenvalue weighted by molar-refractivity contribution is -0.0274. The van der Waals surface area contributed by atoms with Gasteiger partial charge in [0.2, 0.25) is 0 Å². The molecule has 1 N–H and O–H groups in total. The van der Waals surface area contributed by atoms with Crippen LogP contribution in [-0.4, -0.2) is 43.9 Å². The van der Waals surface area contributed by atoms with Gasteiger partial charge in [0, 0.05) is 18.7 Å².